The summed E-state index contributed by atoms with van der Waals surface area (Å²) in [6, 6.07) is 9.50. The van der Waals surface area contributed by atoms with Gasteiger partial charge in [0.1, 0.15) is 6.10 Å². The Morgan fingerprint density at radius 2 is 2.04 bits per heavy atom. The number of nitrogens with one attached hydrogen (secondary N) is 4. The Hall–Kier alpha value is -5.24. The van der Waals surface area contributed by atoms with Crippen LogP contribution in [-0.4, -0.2) is 78.4 Å². The van der Waals surface area contributed by atoms with Crippen molar-refractivity contribution >= 4 is 40.2 Å². The van der Waals surface area contributed by atoms with E-state index in [2.05, 4.69) is 41.1 Å². The molecule has 7 rings (SSSR count). The number of fused-ring (bicyclic) bond motifs is 1. The Balaban J connectivity index is 0.996. The van der Waals surface area contributed by atoms with Crippen molar-refractivity contribution in [2.75, 3.05) is 30.3 Å². The van der Waals surface area contributed by atoms with Gasteiger partial charge in [-0.05, 0) is 62.9 Å². The minimum Gasteiger partial charge on any atom is -0.471 e. The fourth-order valence-corrected chi connectivity index (χ4v) is 5.69. The maximum Gasteiger partial charge on any atom is 0.290 e. The SMILES string of the molecule is Cc1cnc(Nc2cc(C)n(C)n2)nc1-c1c[nH]c2c(NC(=O)CN3CCCC(Oc4cc(C(=O)NC5CC5)on4)C3)cccc12. The topological polar surface area (TPSA) is 168 Å². The van der Waals surface area contributed by atoms with Crippen molar-refractivity contribution in [2.45, 2.75) is 51.7 Å². The van der Waals surface area contributed by atoms with Gasteiger partial charge in [0.05, 0.1) is 29.5 Å². The van der Waals surface area contributed by atoms with Crippen LogP contribution in [0.4, 0.5) is 17.5 Å². The van der Waals surface area contributed by atoms with Crippen molar-refractivity contribution in [2.24, 2.45) is 7.05 Å². The number of aromatic nitrogens is 6. The normalized spacial score (nSPS) is 16.8. The summed E-state index contributed by atoms with van der Waals surface area (Å²) in [6.07, 6.45) is 7.19. The van der Waals surface area contributed by atoms with E-state index < -0.39 is 0 Å². The first-order valence-corrected chi connectivity index (χ1v) is 15.5. The molecule has 1 unspecified atom stereocenters. The summed E-state index contributed by atoms with van der Waals surface area (Å²) in [6.45, 7) is 5.50. The molecule has 4 aromatic heterocycles. The molecule has 1 aliphatic carbocycles. The number of aromatic amines is 1. The van der Waals surface area contributed by atoms with Gasteiger partial charge >= 0.3 is 0 Å². The van der Waals surface area contributed by atoms with E-state index in [0.717, 1.165) is 65.6 Å². The molecule has 0 spiro atoms. The van der Waals surface area contributed by atoms with Gasteiger partial charge in [-0.15, -0.1) is 0 Å². The number of H-pyrrole nitrogens is 1. The molecular weight excluding hydrogens is 588 g/mol. The van der Waals surface area contributed by atoms with Crippen LogP contribution in [-0.2, 0) is 11.8 Å². The summed E-state index contributed by atoms with van der Waals surface area (Å²) in [4.78, 5) is 40.1. The number of likely N-dealkylation sites (tertiary alicyclic amines) is 1. The number of piperidine rings is 1. The fraction of sp³-hybridized carbons (Fsp3) is 0.375. The van der Waals surface area contributed by atoms with Gasteiger partial charge in [0.15, 0.2) is 5.82 Å². The van der Waals surface area contributed by atoms with Gasteiger partial charge < -0.3 is 30.2 Å². The largest absolute Gasteiger partial charge is 0.471 e. The van der Waals surface area contributed by atoms with E-state index in [4.69, 9.17) is 14.2 Å². The molecule has 2 fully saturated rings. The van der Waals surface area contributed by atoms with Gasteiger partial charge in [0, 0.05) is 54.7 Å². The van der Waals surface area contributed by atoms with Crippen LogP contribution in [0.3, 0.4) is 0 Å². The third-order valence-corrected chi connectivity index (χ3v) is 8.31. The maximum absolute atomic E-state index is 13.2. The van der Waals surface area contributed by atoms with Crippen LogP contribution in [0.1, 0.15) is 47.5 Å². The van der Waals surface area contributed by atoms with Gasteiger partial charge in [0.2, 0.25) is 17.6 Å². The molecule has 14 nitrogen and oxygen atoms in total. The lowest BCUT2D eigenvalue weighted by molar-refractivity contribution is -0.117. The predicted octanol–water partition coefficient (Wildman–Crippen LogP) is 4.08. The smallest absolute Gasteiger partial charge is 0.290 e. The summed E-state index contributed by atoms with van der Waals surface area (Å²) in [7, 11) is 1.89. The Morgan fingerprint density at radius 1 is 1.17 bits per heavy atom. The first kappa shape index (κ1) is 29.5. The molecule has 14 heteroatoms. The number of ether oxygens (including phenoxy) is 1. The highest BCUT2D eigenvalue weighted by atomic mass is 16.5. The first-order valence-electron chi connectivity index (χ1n) is 15.5. The minimum atomic E-state index is -0.277. The number of hydrogen-bond donors (Lipinski definition) is 4. The molecule has 2 amide bonds. The van der Waals surface area contributed by atoms with Crippen molar-refractivity contribution in [3.05, 3.63) is 59.7 Å². The van der Waals surface area contributed by atoms with Crippen molar-refractivity contribution in [3.63, 3.8) is 0 Å². The zero-order chi connectivity index (χ0) is 31.8. The van der Waals surface area contributed by atoms with E-state index in [1.807, 2.05) is 51.4 Å². The number of carbonyl (C=O) groups is 2. The monoisotopic (exact) mass is 624 g/mol. The Labute approximate surface area is 264 Å². The number of anilines is 3. The van der Waals surface area contributed by atoms with E-state index in [9.17, 15) is 9.59 Å². The molecule has 2 aliphatic rings. The van der Waals surface area contributed by atoms with E-state index in [-0.39, 0.29) is 42.1 Å². The van der Waals surface area contributed by atoms with Crippen LogP contribution in [0.15, 0.2) is 47.2 Å². The first-order chi connectivity index (χ1) is 22.3. The second-order valence-corrected chi connectivity index (χ2v) is 12.0. The summed E-state index contributed by atoms with van der Waals surface area (Å²) >= 11 is 0. The van der Waals surface area contributed by atoms with Gasteiger partial charge in [-0.25, -0.2) is 9.97 Å². The van der Waals surface area contributed by atoms with Gasteiger partial charge in [0.25, 0.3) is 11.8 Å². The maximum atomic E-state index is 13.2. The van der Waals surface area contributed by atoms with Gasteiger partial charge in [-0.1, -0.05) is 12.1 Å². The average Bonchev–Trinajstić information content (AvgIpc) is 3.38. The molecule has 1 aliphatic heterocycles. The number of rotatable bonds is 10. The van der Waals surface area contributed by atoms with Crippen LogP contribution in [0, 0.1) is 13.8 Å². The lowest BCUT2D eigenvalue weighted by Gasteiger charge is -2.31. The Kier molecular flexibility index (Phi) is 7.86. The van der Waals surface area contributed by atoms with Crippen LogP contribution >= 0.6 is 0 Å². The lowest BCUT2D eigenvalue weighted by Crippen LogP contribution is -2.44. The van der Waals surface area contributed by atoms with Gasteiger partial charge in [-0.3, -0.25) is 19.2 Å². The molecule has 1 saturated heterocycles. The second kappa shape index (κ2) is 12.3. The number of hydrogen-bond acceptors (Lipinski definition) is 10. The van der Waals surface area contributed by atoms with Crippen molar-refractivity contribution in [3.8, 4) is 17.1 Å². The summed E-state index contributed by atoms with van der Waals surface area (Å²) in [5, 5.41) is 18.4. The predicted molar refractivity (Wildman–Crippen MR) is 171 cm³/mol. The van der Waals surface area contributed by atoms with Crippen molar-refractivity contribution in [1.29, 1.82) is 0 Å². The molecular formula is C32H36N10O4. The van der Waals surface area contributed by atoms with E-state index in [0.29, 0.717) is 24.0 Å². The van der Waals surface area contributed by atoms with Gasteiger partial charge in [-0.2, -0.15) is 5.10 Å². The van der Waals surface area contributed by atoms with E-state index >= 15 is 0 Å². The van der Waals surface area contributed by atoms with Crippen LogP contribution in [0.25, 0.3) is 22.2 Å². The van der Waals surface area contributed by atoms with E-state index in [1.54, 1.807) is 10.9 Å². The zero-order valence-corrected chi connectivity index (χ0v) is 26.0. The summed E-state index contributed by atoms with van der Waals surface area (Å²) in [5.74, 6) is 1.14. The number of para-hydroxylation sites is 1. The quantitative estimate of drug-likeness (QED) is 0.178. The number of carbonyl (C=O) groups excluding carboxylic acids is 2. The average molecular weight is 625 g/mol. The summed E-state index contributed by atoms with van der Waals surface area (Å²) < 4.78 is 13.0. The highest BCUT2D eigenvalue weighted by molar-refractivity contribution is 6.06. The minimum absolute atomic E-state index is 0.125. The lowest BCUT2D eigenvalue weighted by atomic mass is 10.1. The number of benzene rings is 1. The Morgan fingerprint density at radius 3 is 2.85 bits per heavy atom. The molecule has 1 atom stereocenters. The van der Waals surface area contributed by atoms with Crippen LogP contribution < -0.4 is 20.7 Å². The molecule has 0 radical (unpaired) electrons. The van der Waals surface area contributed by atoms with Crippen LogP contribution in [0.2, 0.25) is 0 Å². The number of amides is 2. The molecule has 1 aromatic carbocycles. The van der Waals surface area contributed by atoms with E-state index in [1.165, 1.54) is 6.07 Å². The van der Waals surface area contributed by atoms with Crippen molar-refractivity contribution in [1.82, 2.24) is 40.1 Å². The van der Waals surface area contributed by atoms with Crippen LogP contribution in [0.5, 0.6) is 5.88 Å². The zero-order valence-electron chi connectivity index (χ0n) is 26.0. The molecule has 0 bridgehead atoms. The standard InChI is InChI=1S/C32H36N10O4/c1-18-14-34-32(37-26-12-19(2)41(3)39-26)38-29(18)23-15-33-30-22(23)7-4-8-24(30)36-27(43)17-42-11-5-6-21(16-42)45-28-13-25(46-40-28)31(44)35-20-9-10-20/h4,7-8,12-15,20-21,33H,5-6,9-11,16-17H2,1-3H3,(H,35,44)(H,36,43)(H,34,37,38,39). The van der Waals surface area contributed by atoms with Crippen molar-refractivity contribution < 1.29 is 18.8 Å². The molecule has 5 heterocycles. The molecule has 4 N–H and O–H groups in total. The summed E-state index contributed by atoms with van der Waals surface area (Å²) in [5.41, 5.74) is 5.12. The molecule has 238 valence electrons. The number of nitrogens with zero attached hydrogens (tertiary/aromatic N) is 6. The molecule has 1 saturated carbocycles. The molecule has 5 aromatic rings. The molecule has 46 heavy (non-hydrogen) atoms. The third-order valence-electron chi connectivity index (χ3n) is 8.31. The highest BCUT2D eigenvalue weighted by Crippen LogP contribution is 2.33. The third kappa shape index (κ3) is 6.42. The fourth-order valence-electron chi connectivity index (χ4n) is 5.69. The highest BCUT2D eigenvalue weighted by Gasteiger charge is 2.28. The second-order valence-electron chi connectivity index (χ2n) is 12.0. The number of aryl methyl sites for hydroxylation is 3. The Bertz CT molecular complexity index is 1890.